The summed E-state index contributed by atoms with van der Waals surface area (Å²) >= 11 is 0. The molecular weight excluding hydrogens is 344 g/mol. The van der Waals surface area contributed by atoms with E-state index in [2.05, 4.69) is 15.4 Å². The van der Waals surface area contributed by atoms with Crippen molar-refractivity contribution in [1.82, 2.24) is 14.8 Å². The highest BCUT2D eigenvalue weighted by molar-refractivity contribution is 5.64. The molecule has 0 bridgehead atoms. The van der Waals surface area contributed by atoms with Crippen LogP contribution < -0.4 is 11.1 Å². The van der Waals surface area contributed by atoms with Crippen molar-refractivity contribution in [2.75, 3.05) is 5.32 Å². The fourth-order valence-corrected chi connectivity index (χ4v) is 2.94. The number of aromatic nitrogens is 3. The van der Waals surface area contributed by atoms with Crippen LogP contribution in [0.3, 0.4) is 0 Å². The van der Waals surface area contributed by atoms with Crippen LogP contribution in [0.1, 0.15) is 36.9 Å². The van der Waals surface area contributed by atoms with Crippen LogP contribution in [0.15, 0.2) is 24.4 Å². The van der Waals surface area contributed by atoms with Gasteiger partial charge in [-0.25, -0.2) is 23.2 Å². The highest BCUT2D eigenvalue weighted by Crippen LogP contribution is 2.34. The minimum absolute atomic E-state index is 0.0114. The Balaban J connectivity index is 1.81. The number of ether oxygens (including phenoxy) is 1. The van der Waals surface area contributed by atoms with Gasteiger partial charge in [-0.3, -0.25) is 0 Å². The molecule has 3 N–H and O–H groups in total. The SMILES string of the molecule is Cc1ccn(-c2cc(COC(N)=O)cc(NC3CCC(F)(F)CC3)n2)n1. The number of nitrogens with zero attached hydrogens (tertiary/aromatic N) is 3. The second-order valence-corrected chi connectivity index (χ2v) is 6.50. The summed E-state index contributed by atoms with van der Waals surface area (Å²) in [6.07, 6.45) is 1.35. The molecule has 0 aliphatic heterocycles. The number of halogens is 2. The highest BCUT2D eigenvalue weighted by Gasteiger charge is 2.34. The molecule has 140 valence electrons. The fraction of sp³-hybridized carbons (Fsp3) is 0.471. The van der Waals surface area contributed by atoms with E-state index in [1.807, 2.05) is 13.0 Å². The molecule has 7 nitrogen and oxygen atoms in total. The van der Waals surface area contributed by atoms with E-state index in [0.717, 1.165) is 5.69 Å². The summed E-state index contributed by atoms with van der Waals surface area (Å²) in [5.74, 6) is -1.53. The lowest BCUT2D eigenvalue weighted by molar-refractivity contribution is -0.0361. The zero-order chi connectivity index (χ0) is 18.7. The lowest BCUT2D eigenvalue weighted by atomic mass is 9.92. The summed E-state index contributed by atoms with van der Waals surface area (Å²) in [5.41, 5.74) is 6.52. The van der Waals surface area contributed by atoms with Gasteiger partial charge in [0.25, 0.3) is 0 Å². The number of carbonyl (C=O) groups is 1. The van der Waals surface area contributed by atoms with Crippen LogP contribution in [0.25, 0.3) is 5.82 Å². The molecule has 0 radical (unpaired) electrons. The van der Waals surface area contributed by atoms with Crippen molar-refractivity contribution in [2.45, 2.75) is 51.2 Å². The summed E-state index contributed by atoms with van der Waals surface area (Å²) in [5, 5.41) is 7.53. The molecule has 1 fully saturated rings. The van der Waals surface area contributed by atoms with E-state index in [9.17, 15) is 13.6 Å². The Morgan fingerprint density at radius 2 is 2.15 bits per heavy atom. The van der Waals surface area contributed by atoms with Crippen LogP contribution in [0.5, 0.6) is 0 Å². The molecule has 0 spiro atoms. The van der Waals surface area contributed by atoms with Gasteiger partial charge in [0.2, 0.25) is 5.92 Å². The first-order valence-corrected chi connectivity index (χ1v) is 8.41. The molecule has 0 atom stereocenters. The number of nitrogens with two attached hydrogens (primary N) is 1. The predicted octanol–water partition coefficient (Wildman–Crippen LogP) is 3.16. The van der Waals surface area contributed by atoms with Gasteiger partial charge in [-0.15, -0.1) is 0 Å². The molecule has 1 aliphatic carbocycles. The second kappa shape index (κ2) is 7.27. The van der Waals surface area contributed by atoms with Gasteiger partial charge < -0.3 is 15.8 Å². The number of rotatable bonds is 5. The zero-order valence-electron chi connectivity index (χ0n) is 14.4. The quantitative estimate of drug-likeness (QED) is 0.849. The van der Waals surface area contributed by atoms with E-state index >= 15 is 0 Å². The van der Waals surface area contributed by atoms with Gasteiger partial charge >= 0.3 is 6.09 Å². The summed E-state index contributed by atoms with van der Waals surface area (Å²) < 4.78 is 33.1. The van der Waals surface area contributed by atoms with Crippen LogP contribution in [0, 0.1) is 6.92 Å². The van der Waals surface area contributed by atoms with Gasteiger partial charge in [-0.2, -0.15) is 5.10 Å². The monoisotopic (exact) mass is 365 g/mol. The number of hydrogen-bond acceptors (Lipinski definition) is 5. The average molecular weight is 365 g/mol. The van der Waals surface area contributed by atoms with Gasteiger partial charge in [0.15, 0.2) is 5.82 Å². The van der Waals surface area contributed by atoms with Crippen LogP contribution in [0.2, 0.25) is 0 Å². The number of hydrogen-bond donors (Lipinski definition) is 2. The Labute approximate surface area is 149 Å². The molecule has 2 aromatic heterocycles. The number of nitrogens with one attached hydrogen (secondary N) is 1. The van der Waals surface area contributed by atoms with E-state index in [1.165, 1.54) is 0 Å². The van der Waals surface area contributed by atoms with E-state index in [-0.39, 0.29) is 25.5 Å². The first-order valence-electron chi connectivity index (χ1n) is 8.41. The van der Waals surface area contributed by atoms with E-state index in [1.54, 1.807) is 23.0 Å². The first-order chi connectivity index (χ1) is 12.3. The van der Waals surface area contributed by atoms with Gasteiger partial charge in [0, 0.05) is 25.1 Å². The molecule has 26 heavy (non-hydrogen) atoms. The van der Waals surface area contributed by atoms with Crippen molar-refractivity contribution < 1.29 is 18.3 Å². The smallest absolute Gasteiger partial charge is 0.404 e. The molecular formula is C17H21F2N5O2. The van der Waals surface area contributed by atoms with Crippen LogP contribution in [-0.2, 0) is 11.3 Å². The number of anilines is 1. The Kier molecular flexibility index (Phi) is 5.06. The summed E-state index contributed by atoms with van der Waals surface area (Å²) in [6, 6.07) is 5.21. The molecule has 2 aromatic rings. The highest BCUT2D eigenvalue weighted by atomic mass is 19.3. The summed E-state index contributed by atoms with van der Waals surface area (Å²) in [4.78, 5) is 15.4. The minimum Gasteiger partial charge on any atom is -0.445 e. The minimum atomic E-state index is -2.58. The Bertz CT molecular complexity index is 783. The molecule has 1 aliphatic rings. The molecule has 2 heterocycles. The van der Waals surface area contributed by atoms with Crippen molar-refractivity contribution in [2.24, 2.45) is 5.73 Å². The van der Waals surface area contributed by atoms with Crippen molar-refractivity contribution >= 4 is 11.9 Å². The molecule has 0 aromatic carbocycles. The zero-order valence-corrected chi connectivity index (χ0v) is 14.4. The Hall–Kier alpha value is -2.71. The van der Waals surface area contributed by atoms with Crippen molar-refractivity contribution in [3.8, 4) is 5.82 Å². The maximum atomic E-state index is 13.3. The van der Waals surface area contributed by atoms with Crippen LogP contribution >= 0.6 is 0 Å². The number of aryl methyl sites for hydroxylation is 1. The van der Waals surface area contributed by atoms with Gasteiger partial charge in [0.05, 0.1) is 5.69 Å². The third kappa shape index (κ3) is 4.68. The number of alkyl halides is 2. The molecule has 0 unspecified atom stereocenters. The average Bonchev–Trinajstić information content (AvgIpc) is 3.01. The third-order valence-corrected chi connectivity index (χ3v) is 4.28. The van der Waals surface area contributed by atoms with Crippen LogP contribution in [0.4, 0.5) is 19.4 Å². The topological polar surface area (TPSA) is 95.1 Å². The predicted molar refractivity (Wildman–Crippen MR) is 91.3 cm³/mol. The molecule has 1 saturated carbocycles. The second-order valence-electron chi connectivity index (χ2n) is 6.50. The summed E-state index contributed by atoms with van der Waals surface area (Å²) in [6.45, 7) is 1.85. The number of pyridine rings is 1. The first kappa shape index (κ1) is 18.1. The molecule has 0 saturated heterocycles. The standard InChI is InChI=1S/C17H21F2N5O2/c1-11-4-7-24(23-11)15-9-12(10-26-16(20)25)8-14(22-15)21-13-2-5-17(18,19)6-3-13/h4,7-9,13H,2-3,5-6,10H2,1H3,(H2,20,25)(H,21,22). The molecule has 9 heteroatoms. The fourth-order valence-electron chi connectivity index (χ4n) is 2.94. The lowest BCUT2D eigenvalue weighted by Crippen LogP contribution is -2.32. The number of carbonyl (C=O) groups excluding carboxylic acids is 1. The Morgan fingerprint density at radius 3 is 2.77 bits per heavy atom. The van der Waals surface area contributed by atoms with E-state index in [4.69, 9.17) is 10.5 Å². The van der Waals surface area contributed by atoms with E-state index < -0.39 is 12.0 Å². The Morgan fingerprint density at radius 1 is 1.42 bits per heavy atom. The third-order valence-electron chi connectivity index (χ3n) is 4.28. The normalized spacial score (nSPS) is 17.0. The number of amides is 1. The van der Waals surface area contributed by atoms with Gasteiger partial charge in [0.1, 0.15) is 12.4 Å². The van der Waals surface area contributed by atoms with Gasteiger partial charge in [-0.05, 0) is 43.5 Å². The van der Waals surface area contributed by atoms with Crippen molar-refractivity contribution in [1.29, 1.82) is 0 Å². The lowest BCUT2D eigenvalue weighted by Gasteiger charge is -2.29. The summed E-state index contributed by atoms with van der Waals surface area (Å²) in [7, 11) is 0. The van der Waals surface area contributed by atoms with Crippen LogP contribution in [-0.4, -0.2) is 32.8 Å². The molecule has 1 amide bonds. The molecule has 3 rings (SSSR count). The maximum absolute atomic E-state index is 13.3. The van der Waals surface area contributed by atoms with Crippen molar-refractivity contribution in [3.05, 3.63) is 35.7 Å². The van der Waals surface area contributed by atoms with Crippen molar-refractivity contribution in [3.63, 3.8) is 0 Å². The van der Waals surface area contributed by atoms with Gasteiger partial charge in [-0.1, -0.05) is 0 Å². The maximum Gasteiger partial charge on any atom is 0.404 e. The van der Waals surface area contributed by atoms with E-state index in [0.29, 0.717) is 30.0 Å². The number of primary amides is 1. The largest absolute Gasteiger partial charge is 0.445 e.